The van der Waals surface area contributed by atoms with Gasteiger partial charge < -0.3 is 8.83 Å². The van der Waals surface area contributed by atoms with E-state index in [1.54, 1.807) is 6.26 Å². The van der Waals surface area contributed by atoms with Gasteiger partial charge in [-0.15, -0.1) is 11.3 Å². The molecule has 3 heteroatoms. The van der Waals surface area contributed by atoms with E-state index in [0.29, 0.717) is 0 Å². The van der Waals surface area contributed by atoms with Crippen LogP contribution in [0, 0.1) is 0 Å². The lowest BCUT2D eigenvalue weighted by atomic mass is 9.84. The molecule has 10 aromatic rings. The smallest absolute Gasteiger partial charge is 0.144 e. The minimum Gasteiger partial charge on any atom is -0.464 e. The van der Waals surface area contributed by atoms with E-state index in [0.717, 1.165) is 38.5 Å². The first-order valence-corrected chi connectivity index (χ1v) is 15.3. The molecule has 3 aromatic heterocycles. The van der Waals surface area contributed by atoms with E-state index in [4.69, 9.17) is 8.83 Å². The third-order valence-electron chi connectivity index (χ3n) is 8.95. The number of fused-ring (bicyclic) bond motifs is 9. The molecule has 10 rings (SSSR count). The Hall–Kier alpha value is -5.38. The summed E-state index contributed by atoms with van der Waals surface area (Å²) < 4.78 is 15.3. The molecule has 0 amide bonds. The van der Waals surface area contributed by atoms with Crippen LogP contribution in [0.1, 0.15) is 0 Å². The van der Waals surface area contributed by atoms with E-state index in [1.165, 1.54) is 58.4 Å². The summed E-state index contributed by atoms with van der Waals surface area (Å²) in [5, 5.41) is 10.7. The maximum Gasteiger partial charge on any atom is 0.144 e. The molecule has 0 spiro atoms. The van der Waals surface area contributed by atoms with Gasteiger partial charge in [0.05, 0.1) is 6.26 Å². The van der Waals surface area contributed by atoms with Crippen LogP contribution in [0.2, 0.25) is 0 Å². The van der Waals surface area contributed by atoms with Gasteiger partial charge in [-0.3, -0.25) is 0 Å². The van der Waals surface area contributed by atoms with Crippen LogP contribution in [0.4, 0.5) is 0 Å². The Morgan fingerprint density at radius 3 is 1.79 bits per heavy atom. The molecule has 0 N–H and O–H groups in total. The summed E-state index contributed by atoms with van der Waals surface area (Å²) in [7, 11) is 0. The summed E-state index contributed by atoms with van der Waals surface area (Å²) in [5.41, 5.74) is 7.38. The van der Waals surface area contributed by atoms with Crippen molar-refractivity contribution >= 4 is 86.0 Å². The van der Waals surface area contributed by atoms with Crippen LogP contribution >= 0.6 is 11.3 Å². The van der Waals surface area contributed by atoms with Gasteiger partial charge in [0.1, 0.15) is 16.7 Å². The second kappa shape index (κ2) is 8.57. The van der Waals surface area contributed by atoms with E-state index >= 15 is 0 Å². The Labute approximate surface area is 250 Å². The second-order valence-electron chi connectivity index (χ2n) is 11.2. The van der Waals surface area contributed by atoms with Crippen molar-refractivity contribution in [2.75, 3.05) is 0 Å². The van der Waals surface area contributed by atoms with E-state index < -0.39 is 0 Å². The average Bonchev–Trinajstić information content (AvgIpc) is 3.77. The van der Waals surface area contributed by atoms with Gasteiger partial charge in [-0.05, 0) is 63.0 Å². The van der Waals surface area contributed by atoms with Gasteiger partial charge >= 0.3 is 0 Å². The van der Waals surface area contributed by atoms with Gasteiger partial charge in [-0.2, -0.15) is 0 Å². The van der Waals surface area contributed by atoms with E-state index in [1.807, 2.05) is 23.5 Å². The fourth-order valence-corrected chi connectivity index (χ4v) is 8.27. The van der Waals surface area contributed by atoms with Crippen molar-refractivity contribution in [3.8, 4) is 22.3 Å². The number of benzene rings is 7. The predicted octanol–water partition coefficient (Wildman–Crippen LogP) is 12.3. The molecule has 0 aliphatic heterocycles. The zero-order chi connectivity index (χ0) is 28.1. The van der Waals surface area contributed by atoms with Crippen molar-refractivity contribution in [1.82, 2.24) is 0 Å². The topological polar surface area (TPSA) is 26.3 Å². The van der Waals surface area contributed by atoms with Crippen LogP contribution in [0.5, 0.6) is 0 Å². The molecular weight excluding hydrogens is 545 g/mol. The van der Waals surface area contributed by atoms with Crippen molar-refractivity contribution in [3.63, 3.8) is 0 Å². The van der Waals surface area contributed by atoms with Gasteiger partial charge in [-0.1, -0.05) is 97.1 Å². The van der Waals surface area contributed by atoms with Crippen LogP contribution in [0.15, 0.2) is 142 Å². The highest BCUT2D eigenvalue weighted by molar-refractivity contribution is 7.25. The van der Waals surface area contributed by atoms with Gasteiger partial charge in [0.2, 0.25) is 0 Å². The maximum absolute atomic E-state index is 6.66. The number of para-hydroxylation sites is 1. The lowest BCUT2D eigenvalue weighted by Gasteiger charge is -2.18. The van der Waals surface area contributed by atoms with Crippen LogP contribution in [0.25, 0.3) is 96.9 Å². The lowest BCUT2D eigenvalue weighted by Crippen LogP contribution is -1.91. The zero-order valence-electron chi connectivity index (χ0n) is 22.9. The Balaban J connectivity index is 1.37. The summed E-state index contributed by atoms with van der Waals surface area (Å²) in [6.45, 7) is 0. The molecule has 0 aliphatic rings. The van der Waals surface area contributed by atoms with E-state index in [9.17, 15) is 0 Å². The molecule has 0 saturated carbocycles. The molecule has 200 valence electrons. The van der Waals surface area contributed by atoms with E-state index in [-0.39, 0.29) is 0 Å². The van der Waals surface area contributed by atoms with Crippen molar-refractivity contribution < 1.29 is 8.83 Å². The Morgan fingerprint density at radius 1 is 0.395 bits per heavy atom. The molecule has 2 nitrogen and oxygen atoms in total. The second-order valence-corrected chi connectivity index (χ2v) is 12.3. The quantitative estimate of drug-likeness (QED) is 0.195. The minimum atomic E-state index is 0.863. The summed E-state index contributed by atoms with van der Waals surface area (Å²) in [4.78, 5) is 0. The number of rotatable bonds is 2. The number of hydrogen-bond acceptors (Lipinski definition) is 3. The van der Waals surface area contributed by atoms with E-state index in [2.05, 4.69) is 115 Å². The highest BCUT2D eigenvalue weighted by Gasteiger charge is 2.23. The largest absolute Gasteiger partial charge is 0.464 e. The molecule has 0 unspecified atom stereocenters. The normalized spacial score (nSPS) is 12.2. The fourth-order valence-electron chi connectivity index (χ4n) is 7.13. The van der Waals surface area contributed by atoms with Gasteiger partial charge in [0.15, 0.2) is 0 Å². The summed E-state index contributed by atoms with van der Waals surface area (Å²) >= 11 is 1.86. The first-order chi connectivity index (χ1) is 21.3. The highest BCUT2D eigenvalue weighted by atomic mass is 32.1. The fraction of sp³-hybridized carbons (Fsp3) is 0. The van der Waals surface area contributed by atoms with Crippen molar-refractivity contribution in [2.45, 2.75) is 0 Å². The van der Waals surface area contributed by atoms with Crippen LogP contribution in [-0.4, -0.2) is 0 Å². The minimum absolute atomic E-state index is 0.863. The molecule has 43 heavy (non-hydrogen) atoms. The predicted molar refractivity (Wildman–Crippen MR) is 182 cm³/mol. The summed E-state index contributed by atoms with van der Waals surface area (Å²) in [6.07, 6.45) is 1.79. The molecule has 0 radical (unpaired) electrons. The maximum atomic E-state index is 6.66. The van der Waals surface area contributed by atoms with Crippen LogP contribution < -0.4 is 0 Å². The van der Waals surface area contributed by atoms with Crippen LogP contribution in [0.3, 0.4) is 0 Å². The Kier molecular flexibility index (Phi) is 4.63. The highest BCUT2D eigenvalue weighted by Crippen LogP contribution is 2.49. The molecule has 0 fully saturated rings. The molecule has 0 aliphatic carbocycles. The van der Waals surface area contributed by atoms with Crippen molar-refractivity contribution in [2.24, 2.45) is 0 Å². The first kappa shape index (κ1) is 23.2. The van der Waals surface area contributed by atoms with Gasteiger partial charge in [-0.25, -0.2) is 0 Å². The Bertz CT molecular complexity index is 2680. The lowest BCUT2D eigenvalue weighted by molar-refractivity contribution is 0.616. The monoisotopic (exact) mass is 566 g/mol. The third-order valence-corrected chi connectivity index (χ3v) is 10.1. The molecule has 0 bridgehead atoms. The van der Waals surface area contributed by atoms with Crippen molar-refractivity contribution in [3.05, 3.63) is 134 Å². The van der Waals surface area contributed by atoms with Crippen molar-refractivity contribution in [1.29, 1.82) is 0 Å². The molecule has 0 saturated heterocycles. The third kappa shape index (κ3) is 3.17. The zero-order valence-corrected chi connectivity index (χ0v) is 23.7. The molecule has 0 atom stereocenters. The molecule has 7 aromatic carbocycles. The average molecular weight is 567 g/mol. The SMILES string of the molecule is c1ccc2c(c1)oc1c(-c3c4ccccc4c(-c4ccc5c(c4)sc4ccccc45)c4ccccc34)c3ccoc3cc12. The molecular formula is C40H22O2S. The van der Waals surface area contributed by atoms with Gasteiger partial charge in [0.25, 0.3) is 0 Å². The number of hydrogen-bond donors (Lipinski definition) is 0. The Morgan fingerprint density at radius 2 is 1.02 bits per heavy atom. The summed E-state index contributed by atoms with van der Waals surface area (Å²) in [6, 6.07) is 45.8. The number of furan rings is 2. The van der Waals surface area contributed by atoms with Gasteiger partial charge in [0, 0.05) is 47.5 Å². The standard InChI is InChI=1S/C40H22O2S/c1-3-13-29-27(11-1)37(23-17-18-26-25-10-6-8-16-35(25)43-36(26)21-23)28-12-2-4-14-30(28)38(29)39-31-19-20-41-34(31)22-32-24-9-5-7-15-33(24)42-40(32)39/h1-22H. The van der Waals surface area contributed by atoms with Crippen LogP contribution in [-0.2, 0) is 0 Å². The molecule has 3 heterocycles. The summed E-state index contributed by atoms with van der Waals surface area (Å²) in [5.74, 6) is 0. The first-order valence-electron chi connectivity index (χ1n) is 14.5. The number of thiophene rings is 1.